The fourth-order valence-corrected chi connectivity index (χ4v) is 1.98. The summed E-state index contributed by atoms with van der Waals surface area (Å²) in [4.78, 5) is 6.53. The van der Waals surface area contributed by atoms with Crippen LogP contribution in [0.15, 0.2) is 24.5 Å². The number of pyridine rings is 1. The molecule has 76 valence electrons. The monoisotopic (exact) mass is 191 g/mol. The van der Waals surface area contributed by atoms with Gasteiger partial charge in [-0.05, 0) is 25.0 Å². The minimum atomic E-state index is 0.340. The molecule has 1 aliphatic heterocycles. The van der Waals surface area contributed by atoms with Crippen LogP contribution >= 0.6 is 0 Å². The van der Waals surface area contributed by atoms with Gasteiger partial charge in [0, 0.05) is 37.6 Å². The van der Waals surface area contributed by atoms with E-state index >= 15 is 0 Å². The van der Waals surface area contributed by atoms with E-state index in [0.717, 1.165) is 19.5 Å². The summed E-state index contributed by atoms with van der Waals surface area (Å²) in [5.74, 6) is 0. The molecule has 14 heavy (non-hydrogen) atoms. The molecule has 2 heterocycles. The third-order valence-electron chi connectivity index (χ3n) is 3.05. The molecule has 1 fully saturated rings. The molecule has 3 nitrogen and oxygen atoms in total. The summed E-state index contributed by atoms with van der Waals surface area (Å²) in [7, 11) is 0. The Hall–Kier alpha value is -0.930. The van der Waals surface area contributed by atoms with Crippen LogP contribution in [0.3, 0.4) is 0 Å². The van der Waals surface area contributed by atoms with Crippen molar-refractivity contribution in [2.75, 3.05) is 6.54 Å². The summed E-state index contributed by atoms with van der Waals surface area (Å²) >= 11 is 0. The van der Waals surface area contributed by atoms with Crippen molar-refractivity contribution in [2.24, 2.45) is 5.73 Å². The van der Waals surface area contributed by atoms with Gasteiger partial charge < -0.3 is 5.73 Å². The first-order chi connectivity index (χ1) is 6.77. The van der Waals surface area contributed by atoms with Gasteiger partial charge in [-0.15, -0.1) is 0 Å². The van der Waals surface area contributed by atoms with E-state index < -0.39 is 0 Å². The molecular weight excluding hydrogens is 174 g/mol. The molecule has 0 aromatic carbocycles. The van der Waals surface area contributed by atoms with Crippen LogP contribution in [0.25, 0.3) is 0 Å². The van der Waals surface area contributed by atoms with Gasteiger partial charge in [-0.2, -0.15) is 0 Å². The molecule has 3 heteroatoms. The van der Waals surface area contributed by atoms with E-state index in [9.17, 15) is 0 Å². The molecule has 2 unspecified atom stereocenters. The lowest BCUT2D eigenvalue weighted by molar-refractivity contribution is 0.251. The lowest BCUT2D eigenvalue weighted by Gasteiger charge is -2.22. The standard InChI is InChI=1S/C11H17N3/c1-9-11(12)4-6-14(9)8-10-3-2-5-13-7-10/h2-3,5,7,9,11H,4,6,8,12H2,1H3. The van der Waals surface area contributed by atoms with Crippen LogP contribution in [0.4, 0.5) is 0 Å². The van der Waals surface area contributed by atoms with Gasteiger partial charge in [-0.1, -0.05) is 6.07 Å². The summed E-state index contributed by atoms with van der Waals surface area (Å²) in [6.45, 7) is 4.29. The zero-order valence-electron chi connectivity index (χ0n) is 8.56. The van der Waals surface area contributed by atoms with E-state index in [1.54, 1.807) is 0 Å². The fourth-order valence-electron chi connectivity index (χ4n) is 1.98. The molecular formula is C11H17N3. The van der Waals surface area contributed by atoms with Gasteiger partial charge in [-0.25, -0.2) is 0 Å². The second-order valence-electron chi connectivity index (χ2n) is 4.02. The first-order valence-electron chi connectivity index (χ1n) is 5.16. The molecule has 2 rings (SSSR count). The van der Waals surface area contributed by atoms with Gasteiger partial charge in [0.1, 0.15) is 0 Å². The Balaban J connectivity index is 1.99. The second-order valence-corrected chi connectivity index (χ2v) is 4.02. The Morgan fingerprint density at radius 3 is 3.07 bits per heavy atom. The van der Waals surface area contributed by atoms with Gasteiger partial charge in [0.15, 0.2) is 0 Å². The van der Waals surface area contributed by atoms with E-state index in [0.29, 0.717) is 12.1 Å². The molecule has 0 saturated carbocycles. The number of hydrogen-bond donors (Lipinski definition) is 1. The summed E-state index contributed by atoms with van der Waals surface area (Å²) in [5.41, 5.74) is 7.24. The van der Waals surface area contributed by atoms with E-state index in [1.807, 2.05) is 18.5 Å². The predicted molar refractivity (Wildman–Crippen MR) is 56.7 cm³/mol. The van der Waals surface area contributed by atoms with Crippen molar-refractivity contribution in [1.29, 1.82) is 0 Å². The number of nitrogens with two attached hydrogens (primary N) is 1. The average molecular weight is 191 g/mol. The molecule has 2 atom stereocenters. The van der Waals surface area contributed by atoms with Crippen LogP contribution < -0.4 is 5.73 Å². The summed E-state index contributed by atoms with van der Waals surface area (Å²) < 4.78 is 0. The zero-order valence-corrected chi connectivity index (χ0v) is 8.56. The van der Waals surface area contributed by atoms with Gasteiger partial charge in [0.2, 0.25) is 0 Å². The first-order valence-corrected chi connectivity index (χ1v) is 5.16. The molecule has 1 saturated heterocycles. The Morgan fingerprint density at radius 2 is 2.50 bits per heavy atom. The largest absolute Gasteiger partial charge is 0.326 e. The predicted octanol–water partition coefficient (Wildman–Crippen LogP) is 1.00. The van der Waals surface area contributed by atoms with Crippen molar-refractivity contribution < 1.29 is 0 Å². The van der Waals surface area contributed by atoms with Crippen molar-refractivity contribution in [3.8, 4) is 0 Å². The molecule has 0 amide bonds. The summed E-state index contributed by atoms with van der Waals surface area (Å²) in [6, 6.07) is 4.93. The normalized spacial score (nSPS) is 28.1. The highest BCUT2D eigenvalue weighted by Gasteiger charge is 2.27. The van der Waals surface area contributed by atoms with E-state index in [1.165, 1.54) is 5.56 Å². The fraction of sp³-hybridized carbons (Fsp3) is 0.545. The second kappa shape index (κ2) is 4.07. The van der Waals surface area contributed by atoms with Crippen LogP contribution in [0.5, 0.6) is 0 Å². The minimum absolute atomic E-state index is 0.340. The SMILES string of the molecule is CC1C(N)CCN1Cc1cccnc1. The van der Waals surface area contributed by atoms with Gasteiger partial charge in [-0.3, -0.25) is 9.88 Å². The van der Waals surface area contributed by atoms with Crippen LogP contribution in [-0.2, 0) is 6.54 Å². The van der Waals surface area contributed by atoms with Crippen LogP contribution in [-0.4, -0.2) is 28.5 Å². The number of hydrogen-bond acceptors (Lipinski definition) is 3. The zero-order chi connectivity index (χ0) is 9.97. The van der Waals surface area contributed by atoms with E-state index in [4.69, 9.17) is 5.73 Å². The summed E-state index contributed by atoms with van der Waals surface area (Å²) in [5, 5.41) is 0. The van der Waals surface area contributed by atoms with Crippen molar-refractivity contribution in [3.63, 3.8) is 0 Å². The van der Waals surface area contributed by atoms with Crippen molar-refractivity contribution in [3.05, 3.63) is 30.1 Å². The first kappa shape index (κ1) is 9.62. The molecule has 1 aliphatic rings. The smallest absolute Gasteiger partial charge is 0.0312 e. The molecule has 0 aliphatic carbocycles. The molecule has 0 radical (unpaired) electrons. The Kier molecular flexibility index (Phi) is 2.79. The molecule has 2 N–H and O–H groups in total. The maximum atomic E-state index is 5.97. The lowest BCUT2D eigenvalue weighted by atomic mass is 10.1. The molecule has 1 aromatic rings. The summed E-state index contributed by atoms with van der Waals surface area (Å²) in [6.07, 6.45) is 4.85. The highest BCUT2D eigenvalue weighted by Crippen LogP contribution is 2.18. The van der Waals surface area contributed by atoms with Gasteiger partial charge >= 0.3 is 0 Å². The van der Waals surface area contributed by atoms with Crippen LogP contribution in [0.1, 0.15) is 18.9 Å². The number of nitrogens with zero attached hydrogens (tertiary/aromatic N) is 2. The van der Waals surface area contributed by atoms with E-state index in [-0.39, 0.29) is 0 Å². The van der Waals surface area contributed by atoms with Crippen molar-refractivity contribution >= 4 is 0 Å². The van der Waals surface area contributed by atoms with Crippen LogP contribution in [0.2, 0.25) is 0 Å². The third kappa shape index (κ3) is 1.94. The lowest BCUT2D eigenvalue weighted by Crippen LogP contribution is -2.36. The maximum Gasteiger partial charge on any atom is 0.0312 e. The highest BCUT2D eigenvalue weighted by molar-refractivity contribution is 5.09. The number of rotatable bonds is 2. The number of likely N-dealkylation sites (tertiary alicyclic amines) is 1. The Labute approximate surface area is 84.9 Å². The quantitative estimate of drug-likeness (QED) is 0.758. The average Bonchev–Trinajstić information content (AvgIpc) is 2.52. The van der Waals surface area contributed by atoms with Crippen LogP contribution in [0, 0.1) is 0 Å². The number of aromatic nitrogens is 1. The maximum absolute atomic E-state index is 5.97. The third-order valence-corrected chi connectivity index (χ3v) is 3.05. The highest BCUT2D eigenvalue weighted by atomic mass is 15.2. The van der Waals surface area contributed by atoms with Crippen molar-refractivity contribution in [2.45, 2.75) is 32.0 Å². The topological polar surface area (TPSA) is 42.1 Å². The van der Waals surface area contributed by atoms with E-state index in [2.05, 4.69) is 22.9 Å². The molecule has 0 bridgehead atoms. The van der Waals surface area contributed by atoms with Gasteiger partial charge in [0.25, 0.3) is 0 Å². The Bertz CT molecular complexity index is 286. The Morgan fingerprint density at radius 1 is 1.64 bits per heavy atom. The molecule has 0 spiro atoms. The minimum Gasteiger partial charge on any atom is -0.326 e. The van der Waals surface area contributed by atoms with Gasteiger partial charge in [0.05, 0.1) is 0 Å². The molecule has 1 aromatic heterocycles. The van der Waals surface area contributed by atoms with Crippen molar-refractivity contribution in [1.82, 2.24) is 9.88 Å².